The number of carbonyl (C=O) groups excluding carboxylic acids is 1. The molecule has 4 heteroatoms. The SMILES string of the molecule is O=C(CC(c1ccccc1)c1ccccc1)NCC#CCOc1ccccc1Cl. The second-order valence-corrected chi connectivity index (χ2v) is 6.83. The first-order valence-corrected chi connectivity index (χ1v) is 9.81. The minimum atomic E-state index is -0.0379. The molecule has 1 N–H and O–H groups in total. The molecule has 0 aliphatic heterocycles. The molecule has 3 aromatic rings. The summed E-state index contributed by atoms with van der Waals surface area (Å²) in [7, 11) is 0. The quantitative estimate of drug-likeness (QED) is 0.560. The van der Waals surface area contributed by atoms with Crippen molar-refractivity contribution >= 4 is 17.5 Å². The number of ether oxygens (including phenoxy) is 1. The fourth-order valence-corrected chi connectivity index (χ4v) is 3.18. The Morgan fingerprint density at radius 3 is 2.07 bits per heavy atom. The van der Waals surface area contributed by atoms with Crippen molar-refractivity contribution in [3.8, 4) is 17.6 Å². The van der Waals surface area contributed by atoms with E-state index in [1.165, 1.54) is 0 Å². The summed E-state index contributed by atoms with van der Waals surface area (Å²) in [6.07, 6.45) is 0.367. The molecule has 146 valence electrons. The maximum atomic E-state index is 12.5. The Morgan fingerprint density at radius 1 is 0.862 bits per heavy atom. The van der Waals surface area contributed by atoms with Crippen LogP contribution in [0.15, 0.2) is 84.9 Å². The van der Waals surface area contributed by atoms with Gasteiger partial charge in [0, 0.05) is 12.3 Å². The van der Waals surface area contributed by atoms with Crippen molar-refractivity contribution in [3.63, 3.8) is 0 Å². The molecule has 0 aliphatic carbocycles. The lowest BCUT2D eigenvalue weighted by molar-refractivity contribution is -0.121. The van der Waals surface area contributed by atoms with Crippen molar-refractivity contribution in [2.24, 2.45) is 0 Å². The molecular weight excluding hydrogens is 382 g/mol. The van der Waals surface area contributed by atoms with E-state index in [9.17, 15) is 4.79 Å². The highest BCUT2D eigenvalue weighted by Crippen LogP contribution is 2.27. The third-order valence-corrected chi connectivity index (χ3v) is 4.74. The van der Waals surface area contributed by atoms with Crippen LogP contribution in [0.4, 0.5) is 0 Å². The van der Waals surface area contributed by atoms with Gasteiger partial charge in [0.05, 0.1) is 11.6 Å². The highest BCUT2D eigenvalue weighted by molar-refractivity contribution is 6.32. The van der Waals surface area contributed by atoms with Gasteiger partial charge in [-0.15, -0.1) is 0 Å². The van der Waals surface area contributed by atoms with Crippen LogP contribution in [0.2, 0.25) is 5.02 Å². The summed E-state index contributed by atoms with van der Waals surface area (Å²) in [4.78, 5) is 12.5. The topological polar surface area (TPSA) is 38.3 Å². The van der Waals surface area contributed by atoms with E-state index in [0.29, 0.717) is 17.2 Å². The zero-order valence-corrected chi connectivity index (χ0v) is 16.7. The molecule has 3 nitrogen and oxygen atoms in total. The highest BCUT2D eigenvalue weighted by atomic mass is 35.5. The van der Waals surface area contributed by atoms with E-state index in [4.69, 9.17) is 16.3 Å². The Balaban J connectivity index is 1.52. The number of halogens is 1. The van der Waals surface area contributed by atoms with Crippen molar-refractivity contribution in [1.29, 1.82) is 0 Å². The number of hydrogen-bond donors (Lipinski definition) is 1. The summed E-state index contributed by atoms with van der Waals surface area (Å²) >= 11 is 6.03. The zero-order chi connectivity index (χ0) is 20.3. The van der Waals surface area contributed by atoms with Crippen molar-refractivity contribution in [3.05, 3.63) is 101 Å². The predicted octanol–water partition coefficient (Wildman–Crippen LogP) is 5.06. The molecule has 3 aromatic carbocycles. The van der Waals surface area contributed by atoms with E-state index in [2.05, 4.69) is 41.4 Å². The zero-order valence-electron chi connectivity index (χ0n) is 16.0. The van der Waals surface area contributed by atoms with E-state index in [1.54, 1.807) is 12.1 Å². The van der Waals surface area contributed by atoms with Crippen LogP contribution < -0.4 is 10.1 Å². The normalized spacial score (nSPS) is 10.1. The third-order valence-electron chi connectivity index (χ3n) is 4.43. The van der Waals surface area contributed by atoms with Gasteiger partial charge in [-0.25, -0.2) is 0 Å². The molecule has 0 radical (unpaired) electrons. The van der Waals surface area contributed by atoms with E-state index in [0.717, 1.165) is 11.1 Å². The second-order valence-electron chi connectivity index (χ2n) is 6.43. The van der Waals surface area contributed by atoms with Crippen LogP contribution in [0.25, 0.3) is 0 Å². The van der Waals surface area contributed by atoms with Gasteiger partial charge in [-0.05, 0) is 23.3 Å². The fraction of sp³-hybridized carbons (Fsp3) is 0.160. The van der Waals surface area contributed by atoms with Gasteiger partial charge in [0.25, 0.3) is 0 Å². The van der Waals surface area contributed by atoms with Gasteiger partial charge in [0.1, 0.15) is 12.4 Å². The first kappa shape index (κ1) is 20.5. The van der Waals surface area contributed by atoms with Crippen LogP contribution >= 0.6 is 11.6 Å². The number of rotatable bonds is 7. The summed E-state index contributed by atoms with van der Waals surface area (Å²) in [5.41, 5.74) is 2.24. The number of hydrogen-bond acceptors (Lipinski definition) is 2. The van der Waals surface area contributed by atoms with E-state index in [-0.39, 0.29) is 25.0 Å². The molecule has 0 aliphatic rings. The monoisotopic (exact) mass is 403 g/mol. The van der Waals surface area contributed by atoms with Crippen LogP contribution in [0.5, 0.6) is 5.75 Å². The number of carbonyl (C=O) groups is 1. The average Bonchev–Trinajstić information content (AvgIpc) is 2.77. The second kappa shape index (κ2) is 10.9. The van der Waals surface area contributed by atoms with Crippen LogP contribution in [0.1, 0.15) is 23.5 Å². The molecule has 0 bridgehead atoms. The van der Waals surface area contributed by atoms with Crippen LogP contribution in [0.3, 0.4) is 0 Å². The highest BCUT2D eigenvalue weighted by Gasteiger charge is 2.17. The Kier molecular flexibility index (Phi) is 7.74. The van der Waals surface area contributed by atoms with Gasteiger partial charge in [0.2, 0.25) is 5.91 Å². The molecule has 1 amide bonds. The van der Waals surface area contributed by atoms with Gasteiger partial charge < -0.3 is 10.1 Å². The van der Waals surface area contributed by atoms with E-state index >= 15 is 0 Å². The molecule has 0 fully saturated rings. The van der Waals surface area contributed by atoms with Crippen LogP contribution in [0, 0.1) is 11.8 Å². The van der Waals surface area contributed by atoms with E-state index < -0.39 is 0 Å². The number of amides is 1. The molecule has 0 atom stereocenters. The first-order chi connectivity index (χ1) is 14.2. The largest absolute Gasteiger partial charge is 0.479 e. The minimum Gasteiger partial charge on any atom is -0.479 e. The van der Waals surface area contributed by atoms with Gasteiger partial charge in [-0.2, -0.15) is 0 Å². The summed E-state index contributed by atoms with van der Waals surface area (Å²) in [6.45, 7) is 0.497. The number of benzene rings is 3. The lowest BCUT2D eigenvalue weighted by atomic mass is 9.88. The lowest BCUT2D eigenvalue weighted by Crippen LogP contribution is -2.25. The maximum Gasteiger partial charge on any atom is 0.221 e. The van der Waals surface area contributed by atoms with Crippen molar-refractivity contribution < 1.29 is 9.53 Å². The molecule has 0 unspecified atom stereocenters. The fourth-order valence-electron chi connectivity index (χ4n) is 2.99. The smallest absolute Gasteiger partial charge is 0.221 e. The number of para-hydroxylation sites is 1. The third kappa shape index (κ3) is 6.41. The summed E-state index contributed by atoms with van der Waals surface area (Å²) < 4.78 is 5.51. The van der Waals surface area contributed by atoms with Crippen molar-refractivity contribution in [2.75, 3.05) is 13.2 Å². The molecule has 0 heterocycles. The van der Waals surface area contributed by atoms with Gasteiger partial charge in [0.15, 0.2) is 0 Å². The van der Waals surface area contributed by atoms with Crippen LogP contribution in [-0.4, -0.2) is 19.1 Å². The van der Waals surface area contributed by atoms with Gasteiger partial charge >= 0.3 is 0 Å². The first-order valence-electron chi connectivity index (χ1n) is 9.43. The average molecular weight is 404 g/mol. The summed E-state index contributed by atoms with van der Waals surface area (Å²) in [5.74, 6) is 6.36. The Hall–Kier alpha value is -3.22. The summed E-state index contributed by atoms with van der Waals surface area (Å²) in [5, 5.41) is 3.42. The molecule has 29 heavy (non-hydrogen) atoms. The molecule has 0 spiro atoms. The van der Waals surface area contributed by atoms with E-state index in [1.807, 2.05) is 48.5 Å². The Morgan fingerprint density at radius 2 is 1.45 bits per heavy atom. The van der Waals surface area contributed by atoms with Crippen LogP contribution in [-0.2, 0) is 4.79 Å². The molecule has 0 aromatic heterocycles. The molecule has 0 saturated carbocycles. The molecular formula is C25H22ClNO2. The lowest BCUT2D eigenvalue weighted by Gasteiger charge is -2.17. The standard InChI is InChI=1S/C25H22ClNO2/c26-23-15-7-8-16-24(23)29-18-10-9-17-27-25(28)19-22(20-11-3-1-4-12-20)21-13-5-2-6-14-21/h1-8,11-16,22H,17-19H2,(H,27,28). The number of nitrogens with one attached hydrogen (secondary N) is 1. The van der Waals surface area contributed by atoms with Gasteiger partial charge in [-0.3, -0.25) is 4.79 Å². The van der Waals surface area contributed by atoms with Gasteiger partial charge in [-0.1, -0.05) is 96.2 Å². The maximum absolute atomic E-state index is 12.5. The van der Waals surface area contributed by atoms with Crippen molar-refractivity contribution in [1.82, 2.24) is 5.32 Å². The Bertz CT molecular complexity index is 938. The van der Waals surface area contributed by atoms with Crippen molar-refractivity contribution in [2.45, 2.75) is 12.3 Å². The molecule has 3 rings (SSSR count). The Labute approximate surface area is 176 Å². The summed E-state index contributed by atoms with van der Waals surface area (Å²) in [6, 6.07) is 27.4. The minimum absolute atomic E-state index is 0.00825. The molecule has 0 saturated heterocycles. The predicted molar refractivity (Wildman–Crippen MR) is 117 cm³/mol.